The molecule has 0 aromatic heterocycles. The number of ether oxygens (including phenoxy) is 1. The first kappa shape index (κ1) is 9.52. The minimum Gasteiger partial charge on any atom is -0.460 e. The number of carbonyl (C=O) groups is 1. The zero-order valence-electron chi connectivity index (χ0n) is 7.62. The average molecular weight is 172 g/mol. The summed E-state index contributed by atoms with van der Waals surface area (Å²) >= 11 is 0. The number of carbonyl (C=O) groups excluding carboxylic acids is 1. The lowest BCUT2D eigenvalue weighted by atomic mass is 10.0. The van der Waals surface area contributed by atoms with E-state index in [-0.39, 0.29) is 12.1 Å². The molecule has 1 heterocycles. The van der Waals surface area contributed by atoms with Crippen LogP contribution in [0.4, 0.5) is 0 Å². The van der Waals surface area contributed by atoms with Crippen molar-refractivity contribution in [3.05, 3.63) is 0 Å². The lowest BCUT2D eigenvalue weighted by molar-refractivity contribution is -0.145. The number of esters is 1. The molecule has 1 saturated heterocycles. The molecule has 0 bridgehead atoms. The van der Waals surface area contributed by atoms with Gasteiger partial charge in [-0.3, -0.25) is 4.79 Å². The monoisotopic (exact) mass is 172 g/mol. The van der Waals surface area contributed by atoms with Crippen LogP contribution in [-0.2, 0) is 9.53 Å². The zero-order chi connectivity index (χ0) is 9.14. The van der Waals surface area contributed by atoms with Crippen LogP contribution in [0.5, 0.6) is 0 Å². The molecule has 0 aromatic rings. The van der Waals surface area contributed by atoms with Crippen LogP contribution in [0.2, 0.25) is 0 Å². The highest BCUT2D eigenvalue weighted by molar-refractivity contribution is 5.71. The predicted molar refractivity (Wildman–Crippen MR) is 44.6 cm³/mol. The Morgan fingerprint density at radius 3 is 2.75 bits per heavy atom. The topological polar surface area (TPSA) is 46.5 Å². The second-order valence-electron chi connectivity index (χ2n) is 3.76. The van der Waals surface area contributed by atoms with Gasteiger partial charge in [-0.05, 0) is 18.8 Å². The number of aliphatic hydroxyl groups excluding tert-OH is 1. The van der Waals surface area contributed by atoms with Gasteiger partial charge in [0.25, 0.3) is 0 Å². The van der Waals surface area contributed by atoms with Gasteiger partial charge in [-0.1, -0.05) is 13.8 Å². The summed E-state index contributed by atoms with van der Waals surface area (Å²) in [6.45, 7) is 4.08. The Morgan fingerprint density at radius 1 is 1.67 bits per heavy atom. The summed E-state index contributed by atoms with van der Waals surface area (Å²) in [7, 11) is 0. The van der Waals surface area contributed by atoms with Crippen molar-refractivity contribution in [1.29, 1.82) is 0 Å². The SMILES string of the molecule is CC(C)CC(O)C1CCC(=O)O1. The quantitative estimate of drug-likeness (QED) is 0.648. The zero-order valence-corrected chi connectivity index (χ0v) is 7.62. The second kappa shape index (κ2) is 3.90. The molecule has 0 aromatic carbocycles. The van der Waals surface area contributed by atoms with Gasteiger partial charge < -0.3 is 9.84 Å². The molecule has 12 heavy (non-hydrogen) atoms. The van der Waals surface area contributed by atoms with Crippen LogP contribution < -0.4 is 0 Å². The highest BCUT2D eigenvalue weighted by atomic mass is 16.6. The molecule has 0 radical (unpaired) electrons. The van der Waals surface area contributed by atoms with Gasteiger partial charge in [0.2, 0.25) is 0 Å². The van der Waals surface area contributed by atoms with Gasteiger partial charge in [0, 0.05) is 6.42 Å². The Hall–Kier alpha value is -0.570. The maximum atomic E-state index is 10.7. The smallest absolute Gasteiger partial charge is 0.306 e. The van der Waals surface area contributed by atoms with Gasteiger partial charge in [0.1, 0.15) is 6.10 Å². The summed E-state index contributed by atoms with van der Waals surface area (Å²) < 4.78 is 4.94. The van der Waals surface area contributed by atoms with Crippen LogP contribution in [0, 0.1) is 5.92 Å². The van der Waals surface area contributed by atoms with E-state index in [0.717, 1.165) is 0 Å². The summed E-state index contributed by atoms with van der Waals surface area (Å²) in [4.78, 5) is 10.7. The summed E-state index contributed by atoms with van der Waals surface area (Å²) in [5.41, 5.74) is 0. The van der Waals surface area contributed by atoms with E-state index in [1.807, 2.05) is 13.8 Å². The Kier molecular flexibility index (Phi) is 3.09. The molecule has 1 N–H and O–H groups in total. The van der Waals surface area contributed by atoms with E-state index in [1.165, 1.54) is 0 Å². The normalized spacial score (nSPS) is 26.0. The summed E-state index contributed by atoms with van der Waals surface area (Å²) in [6.07, 6.45) is 1.11. The Labute approximate surface area is 72.7 Å². The van der Waals surface area contributed by atoms with Crippen LogP contribution in [0.1, 0.15) is 33.1 Å². The van der Waals surface area contributed by atoms with Crippen molar-refractivity contribution < 1.29 is 14.6 Å². The van der Waals surface area contributed by atoms with Crippen LogP contribution >= 0.6 is 0 Å². The fraction of sp³-hybridized carbons (Fsp3) is 0.889. The molecule has 0 saturated carbocycles. The van der Waals surface area contributed by atoms with Crippen molar-refractivity contribution in [2.45, 2.75) is 45.3 Å². The first-order valence-corrected chi connectivity index (χ1v) is 4.47. The molecule has 0 spiro atoms. The van der Waals surface area contributed by atoms with Crippen LogP contribution in [-0.4, -0.2) is 23.3 Å². The molecule has 2 atom stereocenters. The third-order valence-corrected chi connectivity index (χ3v) is 2.06. The van der Waals surface area contributed by atoms with E-state index in [2.05, 4.69) is 0 Å². The van der Waals surface area contributed by atoms with Gasteiger partial charge in [-0.15, -0.1) is 0 Å². The minimum atomic E-state index is -0.476. The maximum absolute atomic E-state index is 10.7. The van der Waals surface area contributed by atoms with E-state index in [1.54, 1.807) is 0 Å². The molecule has 3 nitrogen and oxygen atoms in total. The molecule has 1 fully saturated rings. The lowest BCUT2D eigenvalue weighted by Crippen LogP contribution is -2.27. The number of rotatable bonds is 3. The van der Waals surface area contributed by atoms with Gasteiger partial charge in [0.05, 0.1) is 6.10 Å². The molecule has 70 valence electrons. The molecule has 1 aliphatic heterocycles. The molecular formula is C9H16O3. The summed E-state index contributed by atoms with van der Waals surface area (Å²) in [5, 5.41) is 9.56. The maximum Gasteiger partial charge on any atom is 0.306 e. The van der Waals surface area contributed by atoms with Gasteiger partial charge in [-0.25, -0.2) is 0 Å². The Bertz CT molecular complexity index is 165. The molecular weight excluding hydrogens is 156 g/mol. The van der Waals surface area contributed by atoms with E-state index in [0.29, 0.717) is 25.2 Å². The van der Waals surface area contributed by atoms with Crippen molar-refractivity contribution >= 4 is 5.97 Å². The van der Waals surface area contributed by atoms with E-state index >= 15 is 0 Å². The third-order valence-electron chi connectivity index (χ3n) is 2.06. The van der Waals surface area contributed by atoms with Crippen molar-refractivity contribution in [1.82, 2.24) is 0 Å². The predicted octanol–water partition coefficient (Wildman–Crippen LogP) is 1.10. The number of aliphatic hydroxyl groups is 1. The molecule has 2 unspecified atom stereocenters. The molecule has 1 rings (SSSR count). The molecule has 0 amide bonds. The van der Waals surface area contributed by atoms with E-state index in [4.69, 9.17) is 4.74 Å². The van der Waals surface area contributed by atoms with Crippen molar-refractivity contribution in [3.63, 3.8) is 0 Å². The lowest BCUT2D eigenvalue weighted by Gasteiger charge is -2.18. The average Bonchev–Trinajstić information content (AvgIpc) is 2.34. The van der Waals surface area contributed by atoms with E-state index in [9.17, 15) is 9.90 Å². The van der Waals surface area contributed by atoms with Crippen molar-refractivity contribution in [2.24, 2.45) is 5.92 Å². The second-order valence-corrected chi connectivity index (χ2v) is 3.76. The summed E-state index contributed by atoms with van der Waals surface area (Å²) in [5.74, 6) is 0.266. The highest BCUT2D eigenvalue weighted by Crippen LogP contribution is 2.20. The molecule has 0 aliphatic carbocycles. The fourth-order valence-corrected chi connectivity index (χ4v) is 1.45. The first-order valence-electron chi connectivity index (χ1n) is 4.47. The summed E-state index contributed by atoms with van der Waals surface area (Å²) in [6, 6.07) is 0. The number of hydrogen-bond donors (Lipinski definition) is 1. The molecule has 1 aliphatic rings. The van der Waals surface area contributed by atoms with Crippen LogP contribution in [0.15, 0.2) is 0 Å². The standard InChI is InChI=1S/C9H16O3/c1-6(2)5-7(10)8-3-4-9(11)12-8/h6-8,10H,3-5H2,1-2H3. The Morgan fingerprint density at radius 2 is 2.33 bits per heavy atom. The van der Waals surface area contributed by atoms with Crippen molar-refractivity contribution in [3.8, 4) is 0 Å². The van der Waals surface area contributed by atoms with Crippen LogP contribution in [0.25, 0.3) is 0 Å². The highest BCUT2D eigenvalue weighted by Gasteiger charge is 2.29. The van der Waals surface area contributed by atoms with Gasteiger partial charge in [0.15, 0.2) is 0 Å². The third kappa shape index (κ3) is 2.48. The van der Waals surface area contributed by atoms with Crippen LogP contribution in [0.3, 0.4) is 0 Å². The van der Waals surface area contributed by atoms with Crippen molar-refractivity contribution in [2.75, 3.05) is 0 Å². The first-order chi connectivity index (χ1) is 5.59. The molecule has 3 heteroatoms. The number of cyclic esters (lactones) is 1. The minimum absolute atomic E-state index is 0.178. The van der Waals surface area contributed by atoms with Gasteiger partial charge >= 0.3 is 5.97 Å². The van der Waals surface area contributed by atoms with E-state index < -0.39 is 6.10 Å². The Balaban J connectivity index is 2.32. The van der Waals surface area contributed by atoms with Gasteiger partial charge in [-0.2, -0.15) is 0 Å². The number of hydrogen-bond acceptors (Lipinski definition) is 3. The fourth-order valence-electron chi connectivity index (χ4n) is 1.45. The largest absolute Gasteiger partial charge is 0.460 e.